The molecule has 9 N–H and O–H groups in total. The van der Waals surface area contributed by atoms with Gasteiger partial charge >= 0.3 is 11.9 Å². The van der Waals surface area contributed by atoms with Crippen LogP contribution in [-0.4, -0.2) is 79.1 Å². The van der Waals surface area contributed by atoms with Gasteiger partial charge in [-0.25, -0.2) is 9.78 Å². The number of benzene rings is 2. The number of imidazole rings is 1. The Morgan fingerprint density at radius 2 is 1.37 bits per heavy atom. The van der Waals surface area contributed by atoms with E-state index >= 15 is 0 Å². The van der Waals surface area contributed by atoms with E-state index in [9.17, 15) is 39.3 Å². The summed E-state index contributed by atoms with van der Waals surface area (Å²) < 4.78 is 0. The summed E-state index contributed by atoms with van der Waals surface area (Å²) in [5.41, 5.74) is 7.81. The number of aromatic hydroxyl groups is 1. The fourth-order valence-electron chi connectivity index (χ4n) is 4.21. The average molecular weight is 595 g/mol. The Labute approximate surface area is 246 Å². The van der Waals surface area contributed by atoms with E-state index < -0.39 is 60.2 Å². The lowest BCUT2D eigenvalue weighted by molar-refractivity contribution is -0.142. The molecule has 4 atom stereocenters. The summed E-state index contributed by atoms with van der Waals surface area (Å²) in [6, 6.07) is 9.65. The Bertz CT molecular complexity index is 1380. The van der Waals surface area contributed by atoms with Gasteiger partial charge in [-0.2, -0.15) is 0 Å². The topological polar surface area (TPSA) is 237 Å². The number of amides is 3. The van der Waals surface area contributed by atoms with Crippen molar-refractivity contribution in [3.05, 3.63) is 83.9 Å². The van der Waals surface area contributed by atoms with E-state index in [0.29, 0.717) is 11.3 Å². The standard InChI is InChI=1S/C29H34N6O8/c30-21(12-17-4-2-1-3-5-17)26(39)33-22(10-11-25(37)38)27(40)34-23(14-19-15-31-16-32-19)28(41)35-24(29(42)43)13-18-6-8-20(36)9-7-18/h1-9,15-16,21-24,36H,10-14,30H2,(H,31,32)(H,33,39)(H,34,40)(H,35,41)(H,37,38)(H,42,43). The number of carbonyl (C=O) groups is 5. The van der Waals surface area contributed by atoms with Gasteiger partial charge in [0, 0.05) is 31.2 Å². The maximum absolute atomic E-state index is 13.4. The molecular weight excluding hydrogens is 560 g/mol. The first kappa shape index (κ1) is 32.3. The Balaban J connectivity index is 1.75. The van der Waals surface area contributed by atoms with Crippen molar-refractivity contribution in [2.45, 2.75) is 56.3 Å². The molecule has 0 aliphatic heterocycles. The van der Waals surface area contributed by atoms with Crippen LogP contribution in [0.2, 0.25) is 0 Å². The van der Waals surface area contributed by atoms with Crippen molar-refractivity contribution in [2.24, 2.45) is 5.73 Å². The molecule has 0 saturated heterocycles. The first-order chi connectivity index (χ1) is 20.5. The normalized spacial score (nSPS) is 13.6. The molecule has 3 aromatic rings. The van der Waals surface area contributed by atoms with Crippen LogP contribution in [0.5, 0.6) is 5.75 Å². The summed E-state index contributed by atoms with van der Waals surface area (Å²) in [6.45, 7) is 0. The maximum atomic E-state index is 13.4. The molecule has 1 aromatic heterocycles. The van der Waals surface area contributed by atoms with Gasteiger partial charge < -0.3 is 42.0 Å². The summed E-state index contributed by atoms with van der Waals surface area (Å²) in [7, 11) is 0. The summed E-state index contributed by atoms with van der Waals surface area (Å²) in [6.07, 6.45) is 1.98. The first-order valence-corrected chi connectivity index (χ1v) is 13.4. The van der Waals surface area contributed by atoms with E-state index in [4.69, 9.17) is 5.73 Å². The highest BCUT2D eigenvalue weighted by molar-refractivity contribution is 5.94. The van der Waals surface area contributed by atoms with Crippen LogP contribution in [0.1, 0.15) is 29.7 Å². The number of carbonyl (C=O) groups excluding carboxylic acids is 3. The largest absolute Gasteiger partial charge is 0.508 e. The van der Waals surface area contributed by atoms with Crippen LogP contribution < -0.4 is 21.7 Å². The molecule has 4 unspecified atom stereocenters. The number of nitrogens with two attached hydrogens (primary N) is 1. The Morgan fingerprint density at radius 1 is 0.767 bits per heavy atom. The number of nitrogens with one attached hydrogen (secondary N) is 4. The number of hydrogen-bond acceptors (Lipinski definition) is 8. The molecule has 14 nitrogen and oxygen atoms in total. The molecule has 0 aliphatic carbocycles. The second kappa shape index (κ2) is 15.7. The van der Waals surface area contributed by atoms with E-state index in [-0.39, 0.29) is 31.4 Å². The van der Waals surface area contributed by atoms with E-state index in [1.54, 1.807) is 24.3 Å². The lowest BCUT2D eigenvalue weighted by Gasteiger charge is -2.25. The molecule has 3 amide bonds. The van der Waals surface area contributed by atoms with Crippen molar-refractivity contribution >= 4 is 29.7 Å². The molecule has 14 heteroatoms. The van der Waals surface area contributed by atoms with Crippen molar-refractivity contribution in [2.75, 3.05) is 0 Å². The highest BCUT2D eigenvalue weighted by atomic mass is 16.4. The number of aliphatic carboxylic acids is 2. The van der Waals surface area contributed by atoms with Gasteiger partial charge in [-0.05, 0) is 36.1 Å². The van der Waals surface area contributed by atoms with Gasteiger partial charge in [0.05, 0.1) is 12.4 Å². The van der Waals surface area contributed by atoms with Crippen LogP contribution in [0.4, 0.5) is 0 Å². The van der Waals surface area contributed by atoms with Gasteiger partial charge in [0.2, 0.25) is 17.7 Å². The van der Waals surface area contributed by atoms with Crippen LogP contribution in [0.15, 0.2) is 67.1 Å². The summed E-state index contributed by atoms with van der Waals surface area (Å²) in [5, 5.41) is 35.9. The first-order valence-electron chi connectivity index (χ1n) is 13.4. The van der Waals surface area contributed by atoms with E-state index in [1.807, 2.05) is 6.07 Å². The lowest BCUT2D eigenvalue weighted by Crippen LogP contribution is -2.58. The van der Waals surface area contributed by atoms with Crippen molar-refractivity contribution < 1.29 is 39.3 Å². The number of phenolic OH excluding ortho intramolecular Hbond substituents is 1. The predicted octanol–water partition coefficient (Wildman–Crippen LogP) is -0.126. The van der Waals surface area contributed by atoms with Crippen molar-refractivity contribution in [3.8, 4) is 5.75 Å². The molecule has 2 aromatic carbocycles. The van der Waals surface area contributed by atoms with Crippen molar-refractivity contribution in [1.29, 1.82) is 0 Å². The minimum absolute atomic E-state index is 0.00689. The second-order valence-corrected chi connectivity index (χ2v) is 9.90. The SMILES string of the molecule is NC(Cc1ccccc1)C(=O)NC(CCC(=O)O)C(=O)NC(Cc1cnc[nH]1)C(=O)NC(Cc1ccc(O)cc1)C(=O)O. The van der Waals surface area contributed by atoms with Crippen LogP contribution in [0.25, 0.3) is 0 Å². The highest BCUT2D eigenvalue weighted by Gasteiger charge is 2.31. The third-order valence-corrected chi connectivity index (χ3v) is 6.52. The van der Waals surface area contributed by atoms with Gasteiger partial charge in [0.25, 0.3) is 0 Å². The number of aromatic nitrogens is 2. The number of aromatic amines is 1. The number of phenols is 1. The molecule has 228 valence electrons. The van der Waals surface area contributed by atoms with Crippen LogP contribution in [0.3, 0.4) is 0 Å². The highest BCUT2D eigenvalue weighted by Crippen LogP contribution is 2.12. The van der Waals surface area contributed by atoms with Gasteiger partial charge in [-0.15, -0.1) is 0 Å². The number of nitrogens with zero attached hydrogens (tertiary/aromatic N) is 1. The van der Waals surface area contributed by atoms with E-state index in [1.165, 1.54) is 36.8 Å². The summed E-state index contributed by atoms with van der Waals surface area (Å²) in [5.74, 6) is -4.92. The molecular formula is C29H34N6O8. The van der Waals surface area contributed by atoms with E-state index in [0.717, 1.165) is 5.56 Å². The zero-order valence-corrected chi connectivity index (χ0v) is 23.1. The molecule has 3 rings (SSSR count). The minimum Gasteiger partial charge on any atom is -0.508 e. The van der Waals surface area contributed by atoms with Gasteiger partial charge in [0.1, 0.15) is 23.9 Å². The second-order valence-electron chi connectivity index (χ2n) is 9.90. The van der Waals surface area contributed by atoms with Gasteiger partial charge in [-0.1, -0.05) is 42.5 Å². The molecule has 0 fully saturated rings. The number of carboxylic acids is 2. The van der Waals surface area contributed by atoms with Crippen LogP contribution in [-0.2, 0) is 43.2 Å². The molecule has 43 heavy (non-hydrogen) atoms. The fourth-order valence-corrected chi connectivity index (χ4v) is 4.21. The van der Waals surface area contributed by atoms with Crippen molar-refractivity contribution in [1.82, 2.24) is 25.9 Å². The van der Waals surface area contributed by atoms with Gasteiger partial charge in [0.15, 0.2) is 0 Å². The Hall–Kier alpha value is -5.24. The van der Waals surface area contributed by atoms with Crippen LogP contribution >= 0.6 is 0 Å². The summed E-state index contributed by atoms with van der Waals surface area (Å²) >= 11 is 0. The zero-order valence-electron chi connectivity index (χ0n) is 23.1. The molecule has 0 spiro atoms. The number of H-pyrrole nitrogens is 1. The Kier molecular flexibility index (Phi) is 11.8. The smallest absolute Gasteiger partial charge is 0.326 e. The predicted molar refractivity (Wildman–Crippen MR) is 153 cm³/mol. The van der Waals surface area contributed by atoms with Crippen molar-refractivity contribution in [3.63, 3.8) is 0 Å². The number of carboxylic acid groups (broad SMARTS) is 2. The maximum Gasteiger partial charge on any atom is 0.326 e. The fraction of sp³-hybridized carbons (Fsp3) is 0.310. The molecule has 0 radical (unpaired) electrons. The molecule has 1 heterocycles. The summed E-state index contributed by atoms with van der Waals surface area (Å²) in [4.78, 5) is 69.5. The molecule has 0 bridgehead atoms. The monoisotopic (exact) mass is 594 g/mol. The quantitative estimate of drug-likeness (QED) is 0.109. The molecule has 0 saturated carbocycles. The van der Waals surface area contributed by atoms with E-state index in [2.05, 4.69) is 25.9 Å². The third kappa shape index (κ3) is 10.6. The lowest BCUT2D eigenvalue weighted by atomic mass is 10.0. The Morgan fingerprint density at radius 3 is 1.98 bits per heavy atom. The average Bonchev–Trinajstić information content (AvgIpc) is 3.49. The molecule has 0 aliphatic rings. The minimum atomic E-state index is -1.38. The third-order valence-electron chi connectivity index (χ3n) is 6.52. The van der Waals surface area contributed by atoms with Gasteiger partial charge in [-0.3, -0.25) is 19.2 Å². The zero-order chi connectivity index (χ0) is 31.4. The number of hydrogen-bond donors (Lipinski definition) is 8. The van der Waals surface area contributed by atoms with Crippen LogP contribution in [0, 0.1) is 0 Å². The number of rotatable bonds is 16.